The highest BCUT2D eigenvalue weighted by atomic mass is 16.5. The summed E-state index contributed by atoms with van der Waals surface area (Å²) in [6.45, 7) is 2.35. The molecular weight excluding hydrogens is 270 g/mol. The number of carbonyl (C=O) groups is 2. The Morgan fingerprint density at radius 3 is 3.10 bits per heavy atom. The molecule has 0 saturated carbocycles. The summed E-state index contributed by atoms with van der Waals surface area (Å²) in [5.74, 6) is 0.687. The summed E-state index contributed by atoms with van der Waals surface area (Å²) in [7, 11) is 0. The van der Waals surface area contributed by atoms with Crippen LogP contribution in [0.3, 0.4) is 0 Å². The van der Waals surface area contributed by atoms with Gasteiger partial charge in [0.1, 0.15) is 5.75 Å². The predicted octanol–water partition coefficient (Wildman–Crippen LogP) is 0.522. The number of urea groups is 1. The first kappa shape index (κ1) is 13.7. The average molecular weight is 289 g/mol. The zero-order chi connectivity index (χ0) is 14.7. The zero-order valence-electron chi connectivity index (χ0n) is 11.8. The van der Waals surface area contributed by atoms with Gasteiger partial charge in [0, 0.05) is 26.2 Å². The molecule has 2 heterocycles. The van der Waals surface area contributed by atoms with Crippen LogP contribution < -0.4 is 15.4 Å². The van der Waals surface area contributed by atoms with Crippen molar-refractivity contribution in [2.75, 3.05) is 26.2 Å². The summed E-state index contributed by atoms with van der Waals surface area (Å²) >= 11 is 0. The van der Waals surface area contributed by atoms with E-state index < -0.39 is 6.10 Å². The van der Waals surface area contributed by atoms with Crippen molar-refractivity contribution in [3.63, 3.8) is 0 Å². The largest absolute Gasteiger partial charge is 0.480 e. The van der Waals surface area contributed by atoms with Crippen LogP contribution in [0.15, 0.2) is 24.3 Å². The quantitative estimate of drug-likeness (QED) is 0.849. The number of nitrogens with zero attached hydrogens (tertiary/aromatic N) is 1. The van der Waals surface area contributed by atoms with Crippen LogP contribution >= 0.6 is 0 Å². The van der Waals surface area contributed by atoms with Crippen molar-refractivity contribution in [1.29, 1.82) is 0 Å². The first-order chi connectivity index (χ1) is 10.2. The maximum atomic E-state index is 12.1. The molecule has 1 fully saturated rings. The van der Waals surface area contributed by atoms with E-state index in [1.165, 1.54) is 0 Å². The van der Waals surface area contributed by atoms with E-state index in [1.54, 1.807) is 4.90 Å². The molecule has 1 unspecified atom stereocenters. The number of para-hydroxylation sites is 1. The second-order valence-corrected chi connectivity index (χ2v) is 5.26. The fourth-order valence-electron chi connectivity index (χ4n) is 2.66. The van der Waals surface area contributed by atoms with Gasteiger partial charge >= 0.3 is 6.03 Å². The Morgan fingerprint density at radius 2 is 2.29 bits per heavy atom. The minimum absolute atomic E-state index is 0.0629. The first-order valence-corrected chi connectivity index (χ1v) is 7.29. The molecule has 3 rings (SSSR count). The highest BCUT2D eigenvalue weighted by Gasteiger charge is 2.26. The Bertz CT molecular complexity index is 547. The Hall–Kier alpha value is -2.24. The lowest BCUT2D eigenvalue weighted by atomic mass is 10.0. The van der Waals surface area contributed by atoms with Crippen molar-refractivity contribution in [2.24, 2.45) is 0 Å². The van der Waals surface area contributed by atoms with Crippen molar-refractivity contribution in [3.8, 4) is 5.75 Å². The third-order valence-corrected chi connectivity index (χ3v) is 3.84. The number of hydrogen-bond donors (Lipinski definition) is 2. The first-order valence-electron chi connectivity index (χ1n) is 7.29. The molecule has 1 aromatic carbocycles. The lowest BCUT2D eigenvalue weighted by Gasteiger charge is -2.25. The van der Waals surface area contributed by atoms with Crippen LogP contribution in [0.25, 0.3) is 0 Å². The molecule has 6 nitrogen and oxygen atoms in total. The Morgan fingerprint density at radius 1 is 1.43 bits per heavy atom. The third-order valence-electron chi connectivity index (χ3n) is 3.84. The molecule has 1 saturated heterocycles. The lowest BCUT2D eigenvalue weighted by molar-refractivity contribution is -0.128. The molecule has 0 radical (unpaired) electrons. The van der Waals surface area contributed by atoms with Crippen molar-refractivity contribution in [2.45, 2.75) is 18.9 Å². The molecule has 21 heavy (non-hydrogen) atoms. The number of fused-ring (bicyclic) bond motifs is 1. The maximum absolute atomic E-state index is 12.1. The summed E-state index contributed by atoms with van der Waals surface area (Å²) in [4.78, 5) is 25.2. The number of rotatable bonds is 4. The highest BCUT2D eigenvalue weighted by molar-refractivity contribution is 5.81. The van der Waals surface area contributed by atoms with Gasteiger partial charge in [0.2, 0.25) is 0 Å². The minimum Gasteiger partial charge on any atom is -0.480 e. The van der Waals surface area contributed by atoms with Gasteiger partial charge < -0.3 is 20.3 Å². The number of nitrogens with one attached hydrogen (secondary N) is 2. The summed E-state index contributed by atoms with van der Waals surface area (Å²) in [6.07, 6.45) is 1.10. The third kappa shape index (κ3) is 3.09. The molecular formula is C15H19N3O3. The van der Waals surface area contributed by atoms with E-state index in [0.717, 1.165) is 17.7 Å². The van der Waals surface area contributed by atoms with Gasteiger partial charge in [-0.2, -0.15) is 0 Å². The number of ether oxygens (including phenoxy) is 1. The van der Waals surface area contributed by atoms with E-state index in [0.29, 0.717) is 32.6 Å². The molecule has 6 heteroatoms. The van der Waals surface area contributed by atoms with Crippen molar-refractivity contribution in [3.05, 3.63) is 29.8 Å². The van der Waals surface area contributed by atoms with Crippen LogP contribution in [0.1, 0.15) is 12.0 Å². The molecule has 0 aliphatic carbocycles. The number of carbonyl (C=O) groups excluding carboxylic acids is 2. The van der Waals surface area contributed by atoms with Gasteiger partial charge in [-0.05, 0) is 24.5 Å². The van der Waals surface area contributed by atoms with Crippen molar-refractivity contribution in [1.82, 2.24) is 15.5 Å². The van der Waals surface area contributed by atoms with Gasteiger partial charge in [-0.3, -0.25) is 4.79 Å². The standard InChI is InChI=1S/C15H19N3O3/c19-14(16-7-9-18-10-8-17-15(18)20)13-6-5-11-3-1-2-4-12(11)21-13/h1-4,13H,5-10H2,(H,16,19)(H,17,20). The Kier molecular flexibility index (Phi) is 3.94. The minimum atomic E-state index is -0.438. The highest BCUT2D eigenvalue weighted by Crippen LogP contribution is 2.26. The number of amides is 3. The van der Waals surface area contributed by atoms with Crippen molar-refractivity contribution < 1.29 is 14.3 Å². The van der Waals surface area contributed by atoms with Crippen molar-refractivity contribution >= 4 is 11.9 Å². The monoisotopic (exact) mass is 289 g/mol. The van der Waals surface area contributed by atoms with E-state index in [-0.39, 0.29) is 11.9 Å². The van der Waals surface area contributed by atoms with Gasteiger partial charge in [-0.25, -0.2) is 4.79 Å². The average Bonchev–Trinajstić information content (AvgIpc) is 2.92. The number of benzene rings is 1. The second-order valence-electron chi connectivity index (χ2n) is 5.26. The summed E-state index contributed by atoms with van der Waals surface area (Å²) in [6, 6.07) is 7.74. The predicted molar refractivity (Wildman–Crippen MR) is 77.2 cm³/mol. The SMILES string of the molecule is O=C(NCCN1CCNC1=O)C1CCc2ccccc2O1. The van der Waals surface area contributed by atoms with E-state index in [2.05, 4.69) is 10.6 Å². The van der Waals surface area contributed by atoms with Crippen LogP contribution in [-0.2, 0) is 11.2 Å². The summed E-state index contributed by atoms with van der Waals surface area (Å²) in [5, 5.41) is 5.58. The molecule has 0 aromatic heterocycles. The fraction of sp³-hybridized carbons (Fsp3) is 0.467. The van der Waals surface area contributed by atoms with Crippen LogP contribution in [0.2, 0.25) is 0 Å². The lowest BCUT2D eigenvalue weighted by Crippen LogP contribution is -2.43. The summed E-state index contributed by atoms with van der Waals surface area (Å²) in [5.41, 5.74) is 1.15. The Labute approximate surface area is 123 Å². The topological polar surface area (TPSA) is 70.7 Å². The van der Waals surface area contributed by atoms with Crippen LogP contribution in [0, 0.1) is 0 Å². The molecule has 2 N–H and O–H groups in total. The van der Waals surface area contributed by atoms with Gasteiger partial charge in [-0.15, -0.1) is 0 Å². The number of aryl methyl sites for hydroxylation is 1. The van der Waals surface area contributed by atoms with Gasteiger partial charge in [-0.1, -0.05) is 18.2 Å². The Balaban J connectivity index is 1.47. The van der Waals surface area contributed by atoms with Crippen LogP contribution in [0.4, 0.5) is 4.79 Å². The van der Waals surface area contributed by atoms with Gasteiger partial charge in [0.05, 0.1) is 0 Å². The summed E-state index contributed by atoms with van der Waals surface area (Å²) < 4.78 is 5.73. The fourth-order valence-corrected chi connectivity index (χ4v) is 2.66. The molecule has 112 valence electrons. The van der Waals surface area contributed by atoms with Gasteiger partial charge in [0.15, 0.2) is 6.10 Å². The normalized spacial score (nSPS) is 20.5. The zero-order valence-corrected chi connectivity index (χ0v) is 11.8. The second kappa shape index (κ2) is 6.03. The van der Waals surface area contributed by atoms with Crippen LogP contribution in [0.5, 0.6) is 5.75 Å². The van der Waals surface area contributed by atoms with E-state index in [4.69, 9.17) is 4.74 Å². The molecule has 3 amide bonds. The molecule has 0 bridgehead atoms. The van der Waals surface area contributed by atoms with E-state index in [1.807, 2.05) is 24.3 Å². The smallest absolute Gasteiger partial charge is 0.317 e. The molecule has 1 aromatic rings. The number of hydrogen-bond acceptors (Lipinski definition) is 3. The maximum Gasteiger partial charge on any atom is 0.317 e. The van der Waals surface area contributed by atoms with Gasteiger partial charge in [0.25, 0.3) is 5.91 Å². The van der Waals surface area contributed by atoms with Crippen LogP contribution in [-0.4, -0.2) is 49.1 Å². The molecule has 2 aliphatic rings. The van der Waals surface area contributed by atoms with E-state index >= 15 is 0 Å². The van der Waals surface area contributed by atoms with E-state index in [9.17, 15) is 9.59 Å². The molecule has 1 atom stereocenters. The molecule has 0 spiro atoms. The molecule has 2 aliphatic heterocycles.